The van der Waals surface area contributed by atoms with Crippen molar-refractivity contribution in [2.24, 2.45) is 5.10 Å². The van der Waals surface area contributed by atoms with Crippen LogP contribution in [-0.2, 0) is 6.54 Å². The van der Waals surface area contributed by atoms with E-state index in [0.717, 1.165) is 11.1 Å². The summed E-state index contributed by atoms with van der Waals surface area (Å²) in [6.45, 7) is 0.501. The van der Waals surface area contributed by atoms with Crippen molar-refractivity contribution in [3.63, 3.8) is 0 Å². The molecular formula is C16H16BrN3O4. The summed E-state index contributed by atoms with van der Waals surface area (Å²) >= 11 is 3.29. The van der Waals surface area contributed by atoms with Gasteiger partial charge in [0.25, 0.3) is 5.69 Å². The van der Waals surface area contributed by atoms with Crippen molar-refractivity contribution in [2.75, 3.05) is 14.2 Å². The Labute approximate surface area is 147 Å². The summed E-state index contributed by atoms with van der Waals surface area (Å²) in [5, 5.41) is 14.8. The number of methoxy groups -OCH3 is 2. The summed E-state index contributed by atoms with van der Waals surface area (Å²) in [5.41, 5.74) is 4.66. The lowest BCUT2D eigenvalue weighted by molar-refractivity contribution is -0.384. The van der Waals surface area contributed by atoms with Gasteiger partial charge in [0.15, 0.2) is 11.5 Å². The van der Waals surface area contributed by atoms with Gasteiger partial charge in [-0.15, -0.1) is 0 Å². The number of nitrogens with zero attached hydrogens (tertiary/aromatic N) is 2. The second-order valence-electron chi connectivity index (χ2n) is 4.75. The Morgan fingerprint density at radius 1 is 1.21 bits per heavy atom. The first-order valence-electron chi connectivity index (χ1n) is 6.96. The van der Waals surface area contributed by atoms with Gasteiger partial charge in [-0.25, -0.2) is 0 Å². The highest BCUT2D eigenvalue weighted by Crippen LogP contribution is 2.27. The zero-order valence-corrected chi connectivity index (χ0v) is 14.7. The zero-order valence-electron chi connectivity index (χ0n) is 13.2. The Hall–Kier alpha value is -2.61. The molecule has 24 heavy (non-hydrogen) atoms. The lowest BCUT2D eigenvalue weighted by atomic mass is 10.2. The lowest BCUT2D eigenvalue weighted by Crippen LogP contribution is -2.06. The first kappa shape index (κ1) is 17.7. The Morgan fingerprint density at radius 3 is 2.58 bits per heavy atom. The minimum absolute atomic E-state index is 0.0253. The van der Waals surface area contributed by atoms with Gasteiger partial charge in [0.1, 0.15) is 0 Å². The van der Waals surface area contributed by atoms with Crippen LogP contribution >= 0.6 is 15.9 Å². The highest BCUT2D eigenvalue weighted by atomic mass is 79.9. The quantitative estimate of drug-likeness (QED) is 0.441. The SMILES string of the molecule is COc1ccc(CN/N=C\c2ccc([N+](=O)[O-])cc2Br)cc1OC. The second kappa shape index (κ2) is 8.30. The van der Waals surface area contributed by atoms with Gasteiger partial charge in [-0.2, -0.15) is 5.10 Å². The molecule has 0 bridgehead atoms. The number of nitrogens with one attached hydrogen (secondary N) is 1. The first-order valence-corrected chi connectivity index (χ1v) is 7.75. The van der Waals surface area contributed by atoms with E-state index >= 15 is 0 Å². The van der Waals surface area contributed by atoms with E-state index in [0.29, 0.717) is 22.5 Å². The summed E-state index contributed by atoms with van der Waals surface area (Å²) in [6, 6.07) is 10.1. The number of hydrazone groups is 1. The van der Waals surface area contributed by atoms with Crippen LogP contribution in [0.25, 0.3) is 0 Å². The van der Waals surface area contributed by atoms with Gasteiger partial charge >= 0.3 is 0 Å². The number of nitro benzene ring substituents is 1. The fourth-order valence-electron chi connectivity index (χ4n) is 1.98. The van der Waals surface area contributed by atoms with Crippen LogP contribution in [0.5, 0.6) is 11.5 Å². The largest absolute Gasteiger partial charge is 0.493 e. The molecule has 126 valence electrons. The number of hydrogen-bond donors (Lipinski definition) is 1. The highest BCUT2D eigenvalue weighted by Gasteiger charge is 2.07. The smallest absolute Gasteiger partial charge is 0.270 e. The molecule has 0 fully saturated rings. The predicted molar refractivity (Wildman–Crippen MR) is 94.8 cm³/mol. The Morgan fingerprint density at radius 2 is 1.96 bits per heavy atom. The average molecular weight is 394 g/mol. The molecule has 0 aliphatic rings. The van der Waals surface area contributed by atoms with Crippen molar-refractivity contribution in [3.8, 4) is 11.5 Å². The van der Waals surface area contributed by atoms with Crippen molar-refractivity contribution < 1.29 is 14.4 Å². The third kappa shape index (κ3) is 4.45. The van der Waals surface area contributed by atoms with E-state index in [1.54, 1.807) is 26.5 Å². The molecule has 0 unspecified atom stereocenters. The number of nitro groups is 1. The molecule has 2 aromatic carbocycles. The maximum absolute atomic E-state index is 10.7. The number of halogens is 1. The summed E-state index contributed by atoms with van der Waals surface area (Å²) in [7, 11) is 3.17. The molecule has 0 aliphatic heterocycles. The van der Waals surface area contributed by atoms with Gasteiger partial charge in [-0.3, -0.25) is 10.1 Å². The van der Waals surface area contributed by atoms with E-state index < -0.39 is 4.92 Å². The number of non-ortho nitro benzene ring substituents is 1. The topological polar surface area (TPSA) is 86.0 Å². The minimum atomic E-state index is -0.443. The van der Waals surface area contributed by atoms with E-state index in [4.69, 9.17) is 9.47 Å². The van der Waals surface area contributed by atoms with E-state index in [1.807, 2.05) is 18.2 Å². The standard InChI is InChI=1S/C16H16BrN3O4/c1-23-15-6-3-11(7-16(15)24-2)9-18-19-10-12-4-5-13(20(21)22)8-14(12)17/h3-8,10,18H,9H2,1-2H3/b19-10-. The normalized spacial score (nSPS) is 10.6. The highest BCUT2D eigenvalue weighted by molar-refractivity contribution is 9.10. The molecule has 0 spiro atoms. The monoisotopic (exact) mass is 393 g/mol. The van der Waals surface area contributed by atoms with Crippen molar-refractivity contribution in [1.29, 1.82) is 0 Å². The second-order valence-corrected chi connectivity index (χ2v) is 5.60. The van der Waals surface area contributed by atoms with E-state index in [1.165, 1.54) is 12.1 Å². The van der Waals surface area contributed by atoms with Crippen LogP contribution in [-0.4, -0.2) is 25.4 Å². The molecule has 2 rings (SSSR count). The number of hydrogen-bond acceptors (Lipinski definition) is 6. The molecule has 0 aromatic heterocycles. The van der Waals surface area contributed by atoms with E-state index in [-0.39, 0.29) is 5.69 Å². The molecule has 0 heterocycles. The van der Waals surface area contributed by atoms with Gasteiger partial charge in [0.2, 0.25) is 0 Å². The number of rotatable bonds is 7. The Kier molecular flexibility index (Phi) is 6.14. The van der Waals surface area contributed by atoms with Crippen molar-refractivity contribution in [3.05, 3.63) is 62.1 Å². The molecular weight excluding hydrogens is 378 g/mol. The Bertz CT molecular complexity index is 765. The predicted octanol–water partition coefficient (Wildman–Crippen LogP) is 3.50. The molecule has 0 aliphatic carbocycles. The van der Waals surface area contributed by atoms with Crippen molar-refractivity contribution >= 4 is 27.8 Å². The fraction of sp³-hybridized carbons (Fsp3) is 0.188. The lowest BCUT2D eigenvalue weighted by Gasteiger charge is -2.09. The molecule has 0 radical (unpaired) electrons. The van der Waals surface area contributed by atoms with Gasteiger partial charge in [-0.05, 0) is 39.7 Å². The summed E-state index contributed by atoms with van der Waals surface area (Å²) in [5.74, 6) is 1.32. The number of benzene rings is 2. The van der Waals surface area contributed by atoms with Crippen molar-refractivity contribution in [2.45, 2.75) is 6.54 Å². The molecule has 0 amide bonds. The van der Waals surface area contributed by atoms with Gasteiger partial charge in [0.05, 0.1) is 31.9 Å². The number of ether oxygens (including phenoxy) is 2. The van der Waals surface area contributed by atoms with E-state index in [9.17, 15) is 10.1 Å². The maximum atomic E-state index is 10.7. The summed E-state index contributed by atoms with van der Waals surface area (Å²) in [4.78, 5) is 10.3. The minimum Gasteiger partial charge on any atom is -0.493 e. The van der Waals surface area contributed by atoms with Crippen LogP contribution in [0.4, 0.5) is 5.69 Å². The van der Waals surface area contributed by atoms with Crippen LogP contribution < -0.4 is 14.9 Å². The molecule has 2 aromatic rings. The maximum Gasteiger partial charge on any atom is 0.270 e. The Balaban J connectivity index is 1.99. The van der Waals surface area contributed by atoms with Crippen LogP contribution in [0.15, 0.2) is 46.0 Å². The summed E-state index contributed by atoms with van der Waals surface area (Å²) < 4.78 is 11.0. The third-order valence-electron chi connectivity index (χ3n) is 3.22. The first-order chi connectivity index (χ1) is 11.5. The average Bonchev–Trinajstić information content (AvgIpc) is 2.59. The van der Waals surface area contributed by atoms with E-state index in [2.05, 4.69) is 26.5 Å². The third-order valence-corrected chi connectivity index (χ3v) is 3.91. The van der Waals surface area contributed by atoms with Crippen LogP contribution in [0, 0.1) is 10.1 Å². The van der Waals surface area contributed by atoms with Gasteiger partial charge in [0, 0.05) is 22.2 Å². The molecule has 7 nitrogen and oxygen atoms in total. The molecule has 0 saturated heterocycles. The molecule has 0 atom stereocenters. The van der Waals surface area contributed by atoms with Crippen LogP contribution in [0.3, 0.4) is 0 Å². The zero-order chi connectivity index (χ0) is 17.5. The molecule has 1 N–H and O–H groups in total. The van der Waals surface area contributed by atoms with Gasteiger partial charge in [-0.1, -0.05) is 6.07 Å². The van der Waals surface area contributed by atoms with Crippen molar-refractivity contribution in [1.82, 2.24) is 5.43 Å². The van der Waals surface area contributed by atoms with Crippen LogP contribution in [0.1, 0.15) is 11.1 Å². The molecule has 8 heteroatoms. The fourth-order valence-corrected chi connectivity index (χ4v) is 2.45. The van der Waals surface area contributed by atoms with Crippen LogP contribution in [0.2, 0.25) is 0 Å². The van der Waals surface area contributed by atoms with Gasteiger partial charge < -0.3 is 14.9 Å². The summed E-state index contributed by atoms with van der Waals surface area (Å²) in [6.07, 6.45) is 1.59. The molecule has 0 saturated carbocycles.